The minimum Gasteiger partial charge on any atom is -0.379 e. The van der Waals surface area contributed by atoms with Gasteiger partial charge in [0.05, 0.1) is 18.1 Å². The van der Waals surface area contributed by atoms with Gasteiger partial charge in [0, 0.05) is 41.9 Å². The summed E-state index contributed by atoms with van der Waals surface area (Å²) in [4.78, 5) is 15.1. The van der Waals surface area contributed by atoms with Crippen LogP contribution in [0.5, 0.6) is 0 Å². The number of halogens is 1. The summed E-state index contributed by atoms with van der Waals surface area (Å²) in [5.41, 5.74) is 0.830. The predicted octanol–water partition coefficient (Wildman–Crippen LogP) is 3.62. The first-order valence-corrected chi connectivity index (χ1v) is 12.6. The third-order valence-electron chi connectivity index (χ3n) is 5.33. The number of anilines is 1. The predicted molar refractivity (Wildman–Crippen MR) is 127 cm³/mol. The van der Waals surface area contributed by atoms with Crippen molar-refractivity contribution in [3.63, 3.8) is 0 Å². The molecule has 1 aliphatic rings. The number of carbonyl (C=O) groups excluding carboxylic acids is 1. The second-order valence-electron chi connectivity index (χ2n) is 8.28. The van der Waals surface area contributed by atoms with Gasteiger partial charge in [-0.25, -0.2) is 8.42 Å². The van der Waals surface area contributed by atoms with Gasteiger partial charge in [0.15, 0.2) is 0 Å². The standard InChI is InChI=1S/C23H30ClN3O4S/c1-17(2)15-21(27-11-13-31-14-12-27)16-25-23(28)18-3-9-22(10-4-18)32(29,30)26-20-7-5-19(24)6-8-20/h3-10,17,21,26H,11-16H2,1-2H3,(H,25,28). The van der Waals surface area contributed by atoms with Gasteiger partial charge in [0.2, 0.25) is 0 Å². The van der Waals surface area contributed by atoms with Crippen LogP contribution in [0.15, 0.2) is 53.4 Å². The highest BCUT2D eigenvalue weighted by Gasteiger charge is 2.23. The molecule has 3 rings (SSSR count). The smallest absolute Gasteiger partial charge is 0.261 e. The van der Waals surface area contributed by atoms with E-state index in [4.69, 9.17) is 16.3 Å². The van der Waals surface area contributed by atoms with Crippen LogP contribution in [-0.2, 0) is 14.8 Å². The maximum atomic E-state index is 12.7. The zero-order valence-electron chi connectivity index (χ0n) is 18.4. The van der Waals surface area contributed by atoms with Crippen molar-refractivity contribution in [2.45, 2.75) is 31.2 Å². The maximum Gasteiger partial charge on any atom is 0.261 e. The highest BCUT2D eigenvalue weighted by atomic mass is 35.5. The number of morpholine rings is 1. The largest absolute Gasteiger partial charge is 0.379 e. The summed E-state index contributed by atoms with van der Waals surface area (Å²) in [5, 5.41) is 3.53. The first kappa shape index (κ1) is 24.5. The Morgan fingerprint density at radius 2 is 1.69 bits per heavy atom. The van der Waals surface area contributed by atoms with Crippen LogP contribution in [0.4, 0.5) is 5.69 Å². The summed E-state index contributed by atoms with van der Waals surface area (Å²) in [6.45, 7) is 8.03. The fraction of sp³-hybridized carbons (Fsp3) is 0.435. The Hall–Kier alpha value is -2.13. The summed E-state index contributed by atoms with van der Waals surface area (Å²) in [6.07, 6.45) is 0.980. The van der Waals surface area contributed by atoms with E-state index < -0.39 is 10.0 Å². The van der Waals surface area contributed by atoms with Crippen molar-refractivity contribution < 1.29 is 17.9 Å². The van der Waals surface area contributed by atoms with E-state index in [2.05, 4.69) is 28.8 Å². The van der Waals surface area contributed by atoms with Gasteiger partial charge in [0.1, 0.15) is 0 Å². The minimum atomic E-state index is -3.77. The highest BCUT2D eigenvalue weighted by Crippen LogP contribution is 2.19. The summed E-state index contributed by atoms with van der Waals surface area (Å²) in [5.74, 6) is 0.291. The van der Waals surface area contributed by atoms with E-state index in [1.165, 1.54) is 24.3 Å². The molecule has 1 fully saturated rings. The molecular formula is C23H30ClN3O4S. The van der Waals surface area contributed by atoms with Gasteiger partial charge in [-0.05, 0) is 60.9 Å². The number of ether oxygens (including phenoxy) is 1. The molecule has 0 aromatic heterocycles. The van der Waals surface area contributed by atoms with Crippen molar-refractivity contribution >= 4 is 33.2 Å². The van der Waals surface area contributed by atoms with Crippen molar-refractivity contribution in [1.82, 2.24) is 10.2 Å². The summed E-state index contributed by atoms with van der Waals surface area (Å²) >= 11 is 5.84. The molecule has 2 aromatic rings. The molecule has 0 spiro atoms. The van der Waals surface area contributed by atoms with Crippen LogP contribution in [0.3, 0.4) is 0 Å². The molecule has 0 bridgehead atoms. The quantitative estimate of drug-likeness (QED) is 0.573. The SMILES string of the molecule is CC(C)CC(CNC(=O)c1ccc(S(=O)(=O)Nc2ccc(Cl)cc2)cc1)N1CCOCC1. The van der Waals surface area contributed by atoms with Crippen LogP contribution in [0, 0.1) is 5.92 Å². The summed E-state index contributed by atoms with van der Waals surface area (Å²) in [6, 6.07) is 12.5. The zero-order chi connectivity index (χ0) is 23.1. The Morgan fingerprint density at radius 3 is 2.28 bits per heavy atom. The Bertz CT molecular complexity index is 989. The normalized spacial score (nSPS) is 16.0. The van der Waals surface area contributed by atoms with E-state index in [1.807, 2.05) is 0 Å². The van der Waals surface area contributed by atoms with Gasteiger partial charge in [-0.1, -0.05) is 25.4 Å². The Kier molecular flexibility index (Phi) is 8.53. The van der Waals surface area contributed by atoms with E-state index in [9.17, 15) is 13.2 Å². The molecule has 0 saturated carbocycles. The molecule has 0 aliphatic carbocycles. The Morgan fingerprint density at radius 1 is 1.06 bits per heavy atom. The zero-order valence-corrected chi connectivity index (χ0v) is 20.0. The van der Waals surface area contributed by atoms with Crippen molar-refractivity contribution in [1.29, 1.82) is 0 Å². The van der Waals surface area contributed by atoms with Crippen LogP contribution in [0.2, 0.25) is 5.02 Å². The van der Waals surface area contributed by atoms with Crippen molar-refractivity contribution in [2.24, 2.45) is 5.92 Å². The number of amides is 1. The molecule has 1 amide bonds. The lowest BCUT2D eigenvalue weighted by atomic mass is 10.0. The first-order valence-electron chi connectivity index (χ1n) is 10.7. The highest BCUT2D eigenvalue weighted by molar-refractivity contribution is 7.92. The van der Waals surface area contributed by atoms with Crippen LogP contribution in [-0.4, -0.2) is 58.1 Å². The van der Waals surface area contributed by atoms with Crippen LogP contribution in [0.25, 0.3) is 0 Å². The summed E-state index contributed by atoms with van der Waals surface area (Å²) in [7, 11) is -3.77. The second-order valence-corrected chi connectivity index (χ2v) is 10.4. The Labute approximate surface area is 195 Å². The fourth-order valence-electron chi connectivity index (χ4n) is 3.68. The van der Waals surface area contributed by atoms with E-state index in [0.717, 1.165) is 19.5 Å². The molecule has 1 saturated heterocycles. The van der Waals surface area contributed by atoms with Gasteiger partial charge in [-0.3, -0.25) is 14.4 Å². The molecule has 0 radical (unpaired) electrons. The first-order chi connectivity index (χ1) is 15.2. The van der Waals surface area contributed by atoms with Crippen LogP contribution < -0.4 is 10.0 Å². The lowest BCUT2D eigenvalue weighted by Crippen LogP contribution is -2.49. The number of carbonyl (C=O) groups is 1. The monoisotopic (exact) mass is 479 g/mol. The Balaban J connectivity index is 1.61. The van der Waals surface area contributed by atoms with E-state index in [0.29, 0.717) is 41.9 Å². The number of nitrogens with zero attached hydrogens (tertiary/aromatic N) is 1. The molecule has 1 aliphatic heterocycles. The number of hydrogen-bond acceptors (Lipinski definition) is 5. The van der Waals surface area contributed by atoms with E-state index >= 15 is 0 Å². The average Bonchev–Trinajstić information content (AvgIpc) is 2.78. The summed E-state index contributed by atoms with van der Waals surface area (Å²) < 4.78 is 33.1. The number of benzene rings is 2. The van der Waals surface area contributed by atoms with Gasteiger partial charge < -0.3 is 10.1 Å². The molecule has 32 heavy (non-hydrogen) atoms. The van der Waals surface area contributed by atoms with Crippen LogP contribution in [0.1, 0.15) is 30.6 Å². The number of hydrogen-bond donors (Lipinski definition) is 2. The van der Waals surface area contributed by atoms with Crippen LogP contribution >= 0.6 is 11.6 Å². The average molecular weight is 480 g/mol. The lowest BCUT2D eigenvalue weighted by molar-refractivity contribution is 0.0124. The number of rotatable bonds is 9. The van der Waals surface area contributed by atoms with Gasteiger partial charge in [-0.2, -0.15) is 0 Å². The third kappa shape index (κ3) is 6.93. The van der Waals surface area contributed by atoms with E-state index in [-0.39, 0.29) is 16.8 Å². The molecule has 9 heteroatoms. The second kappa shape index (κ2) is 11.1. The lowest BCUT2D eigenvalue weighted by Gasteiger charge is -2.35. The fourth-order valence-corrected chi connectivity index (χ4v) is 4.86. The van der Waals surface area contributed by atoms with E-state index in [1.54, 1.807) is 24.3 Å². The molecule has 1 unspecified atom stereocenters. The third-order valence-corrected chi connectivity index (χ3v) is 6.98. The molecule has 174 valence electrons. The number of sulfonamides is 1. The molecule has 2 aromatic carbocycles. The maximum absolute atomic E-state index is 12.7. The molecular weight excluding hydrogens is 450 g/mol. The topological polar surface area (TPSA) is 87.7 Å². The van der Waals surface area contributed by atoms with Gasteiger partial charge in [-0.15, -0.1) is 0 Å². The molecule has 7 nitrogen and oxygen atoms in total. The molecule has 1 atom stereocenters. The van der Waals surface area contributed by atoms with Crippen molar-refractivity contribution in [3.8, 4) is 0 Å². The molecule has 1 heterocycles. The minimum absolute atomic E-state index is 0.0787. The van der Waals surface area contributed by atoms with Gasteiger partial charge in [0.25, 0.3) is 15.9 Å². The van der Waals surface area contributed by atoms with Gasteiger partial charge >= 0.3 is 0 Å². The van der Waals surface area contributed by atoms with Crippen molar-refractivity contribution in [2.75, 3.05) is 37.6 Å². The number of nitrogens with one attached hydrogen (secondary N) is 2. The molecule has 2 N–H and O–H groups in total. The van der Waals surface area contributed by atoms with Crippen molar-refractivity contribution in [3.05, 3.63) is 59.1 Å².